The molecular formula is C38H40N6O14. The average molecular weight is 805 g/mol. The summed E-state index contributed by atoms with van der Waals surface area (Å²) in [6.45, 7) is -0.207. The van der Waals surface area contributed by atoms with E-state index in [1.165, 1.54) is 92.7 Å². The first-order chi connectivity index (χ1) is 27.6. The third-order valence-corrected chi connectivity index (χ3v) is 9.47. The van der Waals surface area contributed by atoms with Crippen molar-refractivity contribution in [1.82, 2.24) is 20.4 Å². The first-order valence-corrected chi connectivity index (χ1v) is 17.6. The zero-order valence-corrected chi connectivity index (χ0v) is 31.8. The Labute approximate surface area is 330 Å². The summed E-state index contributed by atoms with van der Waals surface area (Å²) in [5.41, 5.74) is 1.14. The predicted molar refractivity (Wildman–Crippen MR) is 202 cm³/mol. The second-order valence-corrected chi connectivity index (χ2v) is 13.1. The maximum atomic E-state index is 13.8. The Kier molecular flexibility index (Phi) is 13.0. The van der Waals surface area contributed by atoms with Gasteiger partial charge in [-0.05, 0) is 35.9 Å². The minimum atomic E-state index is -1.35. The van der Waals surface area contributed by atoms with Gasteiger partial charge < -0.3 is 49.6 Å². The summed E-state index contributed by atoms with van der Waals surface area (Å²) in [5.74, 6) is -2.95. The SMILES string of the molecule is COc1cc([N+](=O)[O-])ccc1COC(=O)N(C)CCNC1=CC(NCCN(C)C(=O)OCc2ccc([N+](=O)[O-])cc2OC)=C2Cc3c(O)ccc(O)c3C(=O)C2C1=O. The number of phenolic OH excluding ortho intramolecular Hbond substituents is 2. The van der Waals surface area contributed by atoms with Crippen molar-refractivity contribution in [2.24, 2.45) is 5.92 Å². The number of non-ortho nitro benzene ring substituents is 2. The van der Waals surface area contributed by atoms with Crippen molar-refractivity contribution in [3.63, 3.8) is 0 Å². The van der Waals surface area contributed by atoms with E-state index >= 15 is 0 Å². The number of hydrogen-bond donors (Lipinski definition) is 4. The molecule has 0 heterocycles. The lowest BCUT2D eigenvalue weighted by Gasteiger charge is -2.32. The number of carbonyl (C=O) groups is 4. The molecule has 2 aliphatic rings. The molecule has 0 fully saturated rings. The molecule has 1 unspecified atom stereocenters. The molecule has 306 valence electrons. The van der Waals surface area contributed by atoms with Crippen LogP contribution in [0.1, 0.15) is 27.0 Å². The number of allylic oxidation sites excluding steroid dienone is 3. The van der Waals surface area contributed by atoms with Crippen molar-refractivity contribution >= 4 is 35.1 Å². The van der Waals surface area contributed by atoms with Crippen molar-refractivity contribution in [3.05, 3.63) is 114 Å². The van der Waals surface area contributed by atoms with Gasteiger partial charge in [-0.25, -0.2) is 9.59 Å². The van der Waals surface area contributed by atoms with Gasteiger partial charge in [0.1, 0.15) is 42.1 Å². The summed E-state index contributed by atoms with van der Waals surface area (Å²) in [5, 5.41) is 49.5. The van der Waals surface area contributed by atoms with Crippen LogP contribution in [0.4, 0.5) is 21.0 Å². The van der Waals surface area contributed by atoms with Crippen LogP contribution in [0, 0.1) is 26.1 Å². The molecule has 20 nitrogen and oxygen atoms in total. The number of rotatable bonds is 16. The van der Waals surface area contributed by atoms with E-state index in [9.17, 15) is 49.6 Å². The van der Waals surface area contributed by atoms with Gasteiger partial charge in [0.15, 0.2) is 11.6 Å². The molecule has 2 amide bonds. The molecule has 3 aromatic carbocycles. The maximum Gasteiger partial charge on any atom is 0.409 e. The second-order valence-electron chi connectivity index (χ2n) is 13.1. The number of hydrogen-bond acceptors (Lipinski definition) is 16. The summed E-state index contributed by atoms with van der Waals surface area (Å²) in [4.78, 5) is 76.8. The van der Waals surface area contributed by atoms with E-state index in [0.29, 0.717) is 22.4 Å². The zero-order chi connectivity index (χ0) is 42.3. The number of amides is 2. The number of nitrogens with zero attached hydrogens (tertiary/aromatic N) is 4. The van der Waals surface area contributed by atoms with Crippen LogP contribution < -0.4 is 20.1 Å². The van der Waals surface area contributed by atoms with E-state index in [-0.39, 0.29) is 97.0 Å². The van der Waals surface area contributed by atoms with Gasteiger partial charge in [-0.2, -0.15) is 0 Å². The molecule has 0 aliphatic heterocycles. The number of benzene rings is 3. The average Bonchev–Trinajstić information content (AvgIpc) is 3.21. The van der Waals surface area contributed by atoms with Crippen LogP contribution in [0.5, 0.6) is 23.0 Å². The number of nitro benzene ring substituents is 2. The lowest BCUT2D eigenvalue weighted by molar-refractivity contribution is -0.385. The molecule has 0 aromatic heterocycles. The number of fused-ring (bicyclic) bond motifs is 2. The minimum absolute atomic E-state index is 0.0230. The van der Waals surface area contributed by atoms with Gasteiger partial charge >= 0.3 is 12.2 Å². The minimum Gasteiger partial charge on any atom is -0.508 e. The number of likely N-dealkylation sites (N-methyl/N-ethyl adjacent to an activating group) is 2. The first-order valence-electron chi connectivity index (χ1n) is 17.6. The van der Waals surface area contributed by atoms with Crippen LogP contribution in [0.3, 0.4) is 0 Å². The Morgan fingerprint density at radius 1 is 0.776 bits per heavy atom. The highest BCUT2D eigenvalue weighted by Crippen LogP contribution is 2.42. The van der Waals surface area contributed by atoms with Crippen LogP contribution in [0.25, 0.3) is 0 Å². The fraction of sp³-hybridized carbons (Fsp3) is 0.316. The van der Waals surface area contributed by atoms with Gasteiger partial charge in [0, 0.05) is 81.2 Å². The van der Waals surface area contributed by atoms with Crippen LogP contribution in [-0.2, 0) is 33.9 Å². The molecule has 2 aliphatic carbocycles. The van der Waals surface area contributed by atoms with Crippen LogP contribution in [0.15, 0.2) is 71.6 Å². The topological polar surface area (TPSA) is 262 Å². The Balaban J connectivity index is 1.25. The Morgan fingerprint density at radius 3 is 1.78 bits per heavy atom. The summed E-state index contributed by atoms with van der Waals surface area (Å²) >= 11 is 0. The number of ketones is 2. The summed E-state index contributed by atoms with van der Waals surface area (Å²) in [6.07, 6.45) is -0.0110. The van der Waals surface area contributed by atoms with Crippen LogP contribution >= 0.6 is 0 Å². The maximum absolute atomic E-state index is 13.8. The predicted octanol–water partition coefficient (Wildman–Crippen LogP) is 3.72. The van der Waals surface area contributed by atoms with E-state index < -0.39 is 39.5 Å². The van der Waals surface area contributed by atoms with Crippen LogP contribution in [-0.4, -0.2) is 108 Å². The number of Topliss-reactive ketones (excluding diaryl/α,β-unsaturated/α-hetero) is 2. The number of nitro groups is 2. The fourth-order valence-electron chi connectivity index (χ4n) is 6.30. The van der Waals surface area contributed by atoms with E-state index in [1.807, 2.05) is 0 Å². The fourth-order valence-corrected chi connectivity index (χ4v) is 6.30. The third kappa shape index (κ3) is 9.18. The quantitative estimate of drug-likeness (QED) is 0.0696. The standard InChI is InChI=1S/C38H40N6O14/c1-41(37(49)57-19-21-5-7-23(43(51)52)15-31(21)55-3)13-11-39-27-18-28(35(47)34-25(27)17-26-29(45)9-10-30(46)33(26)36(34)48)40-12-14-42(2)38(50)58-20-22-6-8-24(44(53)54)16-32(22)56-4/h5-10,15-16,18,34,39-40,45-46H,11-14,17,19-20H2,1-4H3. The van der Waals surface area contributed by atoms with Gasteiger partial charge in [0.05, 0.1) is 47.5 Å². The summed E-state index contributed by atoms with van der Waals surface area (Å²) in [7, 11) is 5.60. The Morgan fingerprint density at radius 2 is 1.28 bits per heavy atom. The van der Waals surface area contributed by atoms with Gasteiger partial charge in [0.25, 0.3) is 11.4 Å². The molecule has 0 saturated carbocycles. The lowest BCUT2D eigenvalue weighted by atomic mass is 9.72. The summed E-state index contributed by atoms with van der Waals surface area (Å²) in [6, 6.07) is 10.2. The van der Waals surface area contributed by atoms with E-state index in [1.54, 1.807) is 0 Å². The van der Waals surface area contributed by atoms with Crippen molar-refractivity contribution in [2.45, 2.75) is 19.6 Å². The van der Waals surface area contributed by atoms with Gasteiger partial charge in [0.2, 0.25) is 0 Å². The van der Waals surface area contributed by atoms with Gasteiger partial charge in [-0.3, -0.25) is 29.8 Å². The zero-order valence-electron chi connectivity index (χ0n) is 31.8. The molecule has 3 aromatic rings. The van der Waals surface area contributed by atoms with E-state index in [4.69, 9.17) is 18.9 Å². The normalized spacial score (nSPS) is 14.3. The highest BCUT2D eigenvalue weighted by molar-refractivity contribution is 6.21. The Hall–Kier alpha value is -7.38. The number of phenols is 2. The van der Waals surface area contributed by atoms with Gasteiger partial charge in [-0.15, -0.1) is 0 Å². The Bertz CT molecular complexity index is 2220. The van der Waals surface area contributed by atoms with Crippen molar-refractivity contribution in [2.75, 3.05) is 54.5 Å². The molecule has 4 N–H and O–H groups in total. The van der Waals surface area contributed by atoms with Gasteiger partial charge in [-0.1, -0.05) is 0 Å². The summed E-state index contributed by atoms with van der Waals surface area (Å²) < 4.78 is 21.1. The van der Waals surface area contributed by atoms with Crippen molar-refractivity contribution < 1.29 is 58.2 Å². The third-order valence-electron chi connectivity index (χ3n) is 9.47. The monoisotopic (exact) mass is 804 g/mol. The van der Waals surface area contributed by atoms with E-state index in [0.717, 1.165) is 0 Å². The van der Waals surface area contributed by atoms with Crippen LogP contribution in [0.2, 0.25) is 0 Å². The highest BCUT2D eigenvalue weighted by atomic mass is 16.6. The molecule has 5 rings (SSSR count). The smallest absolute Gasteiger partial charge is 0.409 e. The molecule has 0 radical (unpaired) electrons. The molecule has 0 saturated heterocycles. The molecule has 20 heteroatoms. The number of carbonyl (C=O) groups excluding carboxylic acids is 4. The molecule has 1 atom stereocenters. The number of aromatic hydroxyl groups is 2. The highest BCUT2D eigenvalue weighted by Gasteiger charge is 2.43. The molecule has 58 heavy (non-hydrogen) atoms. The molecule has 0 bridgehead atoms. The lowest BCUT2D eigenvalue weighted by Crippen LogP contribution is -2.43. The van der Waals surface area contributed by atoms with Crippen molar-refractivity contribution in [1.29, 1.82) is 0 Å². The van der Waals surface area contributed by atoms with E-state index in [2.05, 4.69) is 10.6 Å². The second kappa shape index (κ2) is 18.0. The number of methoxy groups -OCH3 is 2. The molecule has 0 spiro atoms. The molecular weight excluding hydrogens is 764 g/mol. The largest absolute Gasteiger partial charge is 0.508 e. The van der Waals surface area contributed by atoms with Crippen molar-refractivity contribution in [3.8, 4) is 23.0 Å². The number of ether oxygens (including phenoxy) is 4. The number of nitrogens with one attached hydrogen (secondary N) is 2. The first kappa shape index (κ1) is 41.8.